The molecule has 0 unspecified atom stereocenters. The maximum absolute atomic E-state index is 13.5. The van der Waals surface area contributed by atoms with Crippen LogP contribution in [0, 0.1) is 13.7 Å². The summed E-state index contributed by atoms with van der Waals surface area (Å²) in [7, 11) is 1.57. The van der Waals surface area contributed by atoms with E-state index in [0.717, 1.165) is 46.1 Å². The van der Waals surface area contributed by atoms with Gasteiger partial charge in [-0.1, -0.05) is 18.2 Å². The van der Waals surface area contributed by atoms with Crippen LogP contribution < -0.4 is 14.8 Å². The van der Waals surface area contributed by atoms with Crippen molar-refractivity contribution in [3.05, 3.63) is 108 Å². The summed E-state index contributed by atoms with van der Waals surface area (Å²) in [6, 6.07) is 19.5. The highest BCUT2D eigenvalue weighted by Crippen LogP contribution is 2.41. The molecule has 0 saturated heterocycles. The first-order valence-corrected chi connectivity index (χ1v) is 14.6. The van der Waals surface area contributed by atoms with E-state index in [4.69, 9.17) is 14.5 Å². The van der Waals surface area contributed by atoms with E-state index in [1.807, 2.05) is 42.5 Å². The largest absolute Gasteiger partial charge is 0.493 e. The van der Waals surface area contributed by atoms with E-state index in [2.05, 4.69) is 27.9 Å². The number of hydrogen-bond donors (Lipinski definition) is 1. The van der Waals surface area contributed by atoms with E-state index in [1.165, 1.54) is 17.0 Å². The van der Waals surface area contributed by atoms with Crippen LogP contribution in [-0.4, -0.2) is 24.2 Å². The molecule has 0 bridgehead atoms. The highest BCUT2D eigenvalue weighted by Gasteiger charge is 2.25. The summed E-state index contributed by atoms with van der Waals surface area (Å²) in [4.78, 5) is 30.0. The van der Waals surface area contributed by atoms with Crippen LogP contribution in [0.15, 0.2) is 71.7 Å². The number of benzene rings is 3. The molecule has 1 N–H and O–H groups in total. The number of fused-ring (bicyclic) bond motifs is 1. The van der Waals surface area contributed by atoms with Gasteiger partial charge in [-0.3, -0.25) is 14.9 Å². The Bertz CT molecular complexity index is 1570. The number of aryl methyl sites for hydroxylation is 1. The molecule has 0 fully saturated rings. The third kappa shape index (κ3) is 6.34. The maximum atomic E-state index is 13.5. The molecule has 0 spiro atoms. The molecule has 3 aromatic carbocycles. The molecule has 5 rings (SSSR count). The fourth-order valence-electron chi connectivity index (χ4n) is 4.58. The van der Waals surface area contributed by atoms with E-state index >= 15 is 0 Å². The second-order valence-corrected chi connectivity index (χ2v) is 11.5. The Morgan fingerprint density at radius 1 is 1.12 bits per heavy atom. The van der Waals surface area contributed by atoms with Crippen molar-refractivity contribution in [3.8, 4) is 11.5 Å². The lowest BCUT2D eigenvalue weighted by molar-refractivity contribution is -0.384. The SMILES string of the molecule is COc1cc(I)cc(C=Nc2sc3c(c2C(=O)Nc2ccccc2)CCCC3)c1OCc1ccc([N+](=O)[O-])cc1. The lowest BCUT2D eigenvalue weighted by atomic mass is 9.95. The summed E-state index contributed by atoms with van der Waals surface area (Å²) in [5.41, 5.74) is 3.96. The predicted molar refractivity (Wildman–Crippen MR) is 166 cm³/mol. The molecule has 8 nitrogen and oxygen atoms in total. The number of methoxy groups -OCH3 is 1. The third-order valence-electron chi connectivity index (χ3n) is 6.53. The Labute approximate surface area is 249 Å². The quantitative estimate of drug-likeness (QED) is 0.0852. The van der Waals surface area contributed by atoms with Crippen LogP contribution in [0.25, 0.3) is 0 Å². The minimum Gasteiger partial charge on any atom is -0.493 e. The number of amides is 1. The first-order chi connectivity index (χ1) is 19.4. The zero-order valence-electron chi connectivity index (χ0n) is 21.7. The predicted octanol–water partition coefficient (Wildman–Crippen LogP) is 7.73. The Balaban J connectivity index is 1.46. The van der Waals surface area contributed by atoms with Crippen LogP contribution in [0.2, 0.25) is 0 Å². The zero-order chi connectivity index (χ0) is 28.1. The molecule has 0 saturated carbocycles. The van der Waals surface area contributed by atoms with E-state index in [1.54, 1.807) is 36.8 Å². The second-order valence-electron chi connectivity index (χ2n) is 9.21. The van der Waals surface area contributed by atoms with Gasteiger partial charge in [0.1, 0.15) is 11.6 Å². The van der Waals surface area contributed by atoms with Crippen molar-refractivity contribution in [2.45, 2.75) is 32.3 Å². The molecule has 4 aromatic rings. The number of halogens is 1. The van der Waals surface area contributed by atoms with Gasteiger partial charge in [-0.15, -0.1) is 11.3 Å². The monoisotopic (exact) mass is 667 g/mol. The summed E-state index contributed by atoms with van der Waals surface area (Å²) in [6.45, 7) is 0.188. The standard InChI is InChI=1S/C30H26IN3O5S/c1-38-25-16-21(31)15-20(28(25)39-18-19-11-13-23(14-12-19)34(36)37)17-32-30-27(24-9-5-6-10-26(24)40-30)29(35)33-22-7-3-2-4-8-22/h2-4,7-8,11-17H,5-6,9-10,18H2,1H3,(H,33,35). The van der Waals surface area contributed by atoms with Crippen LogP contribution in [0.1, 0.15) is 44.8 Å². The lowest BCUT2D eigenvalue weighted by Gasteiger charge is -2.14. The molecule has 1 aliphatic rings. The normalized spacial score (nSPS) is 12.7. The molecule has 0 atom stereocenters. The molecular formula is C30H26IN3O5S. The molecule has 1 amide bonds. The molecule has 10 heteroatoms. The van der Waals surface area contributed by atoms with Crippen LogP contribution in [0.3, 0.4) is 0 Å². The number of rotatable bonds is 9. The smallest absolute Gasteiger partial charge is 0.269 e. The van der Waals surface area contributed by atoms with Crippen molar-refractivity contribution in [2.75, 3.05) is 12.4 Å². The zero-order valence-corrected chi connectivity index (χ0v) is 24.7. The lowest BCUT2D eigenvalue weighted by Crippen LogP contribution is -2.14. The molecule has 1 aromatic heterocycles. The maximum Gasteiger partial charge on any atom is 0.269 e. The number of nitro benzene ring substituents is 1. The number of nitro groups is 1. The average Bonchev–Trinajstić information content (AvgIpc) is 3.34. The minimum atomic E-state index is -0.432. The number of thiophene rings is 1. The van der Waals surface area contributed by atoms with Crippen LogP contribution in [-0.2, 0) is 19.4 Å². The van der Waals surface area contributed by atoms with Gasteiger partial charge in [0.2, 0.25) is 0 Å². The molecule has 1 heterocycles. The molecule has 1 aliphatic carbocycles. The highest BCUT2D eigenvalue weighted by atomic mass is 127. The van der Waals surface area contributed by atoms with Gasteiger partial charge < -0.3 is 14.8 Å². The Morgan fingerprint density at radius 3 is 2.60 bits per heavy atom. The van der Waals surface area contributed by atoms with Gasteiger partial charge in [0.15, 0.2) is 11.5 Å². The molecule has 0 radical (unpaired) electrons. The summed E-state index contributed by atoms with van der Waals surface area (Å²) in [5, 5.41) is 14.7. The molecule has 204 valence electrons. The summed E-state index contributed by atoms with van der Waals surface area (Å²) < 4.78 is 12.7. The molecule has 40 heavy (non-hydrogen) atoms. The van der Waals surface area contributed by atoms with Crippen LogP contribution in [0.4, 0.5) is 16.4 Å². The van der Waals surface area contributed by atoms with Crippen molar-refractivity contribution >= 4 is 62.4 Å². The number of nitrogens with one attached hydrogen (secondary N) is 1. The van der Waals surface area contributed by atoms with E-state index < -0.39 is 4.92 Å². The molecular weight excluding hydrogens is 641 g/mol. The van der Waals surface area contributed by atoms with E-state index in [-0.39, 0.29) is 18.2 Å². The third-order valence-corrected chi connectivity index (χ3v) is 8.35. The first kappa shape index (κ1) is 27.8. The van der Waals surface area contributed by atoms with Crippen molar-refractivity contribution in [2.24, 2.45) is 4.99 Å². The number of anilines is 1. The number of non-ortho nitro benzene ring substituents is 1. The highest BCUT2D eigenvalue weighted by molar-refractivity contribution is 14.1. The Hall–Kier alpha value is -3.77. The number of carbonyl (C=O) groups is 1. The van der Waals surface area contributed by atoms with Crippen molar-refractivity contribution in [3.63, 3.8) is 0 Å². The topological polar surface area (TPSA) is 103 Å². The number of aliphatic imine (C=N–C) groups is 1. The summed E-state index contributed by atoms with van der Waals surface area (Å²) in [5.74, 6) is 0.886. The van der Waals surface area contributed by atoms with Crippen molar-refractivity contribution in [1.29, 1.82) is 0 Å². The van der Waals surface area contributed by atoms with Gasteiger partial charge in [0.25, 0.3) is 11.6 Å². The Kier molecular flexibility index (Phi) is 8.75. The van der Waals surface area contributed by atoms with Crippen molar-refractivity contribution < 1.29 is 19.2 Å². The van der Waals surface area contributed by atoms with Gasteiger partial charge in [0, 0.05) is 38.0 Å². The first-order valence-electron chi connectivity index (χ1n) is 12.7. The van der Waals surface area contributed by atoms with Gasteiger partial charge in [-0.25, -0.2) is 4.99 Å². The van der Waals surface area contributed by atoms with Crippen LogP contribution in [0.5, 0.6) is 11.5 Å². The van der Waals surface area contributed by atoms with Gasteiger partial charge in [-0.05, 0) is 95.8 Å². The number of hydrogen-bond acceptors (Lipinski definition) is 7. The number of carbonyl (C=O) groups excluding carboxylic acids is 1. The van der Waals surface area contributed by atoms with Crippen molar-refractivity contribution in [1.82, 2.24) is 0 Å². The van der Waals surface area contributed by atoms with E-state index in [9.17, 15) is 14.9 Å². The van der Waals surface area contributed by atoms with Crippen LogP contribution >= 0.6 is 33.9 Å². The fourth-order valence-corrected chi connectivity index (χ4v) is 6.43. The number of ether oxygens (including phenoxy) is 2. The summed E-state index contributed by atoms with van der Waals surface area (Å²) >= 11 is 3.78. The minimum absolute atomic E-state index is 0.0224. The fraction of sp³-hybridized carbons (Fsp3) is 0.200. The number of para-hydroxylation sites is 1. The summed E-state index contributed by atoms with van der Waals surface area (Å²) in [6.07, 6.45) is 5.67. The number of nitrogens with zero attached hydrogens (tertiary/aromatic N) is 2. The van der Waals surface area contributed by atoms with Gasteiger partial charge in [0.05, 0.1) is 17.6 Å². The Morgan fingerprint density at radius 2 is 1.88 bits per heavy atom. The second kappa shape index (κ2) is 12.6. The van der Waals surface area contributed by atoms with E-state index in [0.29, 0.717) is 27.6 Å². The van der Waals surface area contributed by atoms with Gasteiger partial charge in [-0.2, -0.15) is 0 Å². The van der Waals surface area contributed by atoms with Gasteiger partial charge >= 0.3 is 0 Å². The average molecular weight is 668 g/mol. The molecule has 0 aliphatic heterocycles.